The van der Waals surface area contributed by atoms with Gasteiger partial charge in [-0.25, -0.2) is 0 Å². The summed E-state index contributed by atoms with van der Waals surface area (Å²) in [4.78, 5) is 0. The fourth-order valence-electron chi connectivity index (χ4n) is 1.38. The SMILES string of the molecule is COCOc1cccc(CNCC(C)C)c1. The lowest BCUT2D eigenvalue weighted by Crippen LogP contribution is -2.18. The summed E-state index contributed by atoms with van der Waals surface area (Å²) >= 11 is 0. The summed E-state index contributed by atoms with van der Waals surface area (Å²) in [6.07, 6.45) is 0. The molecule has 1 N–H and O–H groups in total. The van der Waals surface area contributed by atoms with Gasteiger partial charge in [0.2, 0.25) is 0 Å². The number of nitrogens with one attached hydrogen (secondary N) is 1. The average Bonchev–Trinajstić information content (AvgIpc) is 2.26. The molecule has 1 aromatic rings. The minimum absolute atomic E-state index is 0.295. The highest BCUT2D eigenvalue weighted by molar-refractivity contribution is 5.28. The molecule has 0 spiro atoms. The number of hydrogen-bond acceptors (Lipinski definition) is 3. The van der Waals surface area contributed by atoms with E-state index in [0.717, 1.165) is 18.8 Å². The third kappa shape index (κ3) is 5.14. The summed E-state index contributed by atoms with van der Waals surface area (Å²) in [5.74, 6) is 1.53. The smallest absolute Gasteiger partial charge is 0.188 e. The average molecular weight is 223 g/mol. The molecular formula is C13H21NO2. The van der Waals surface area contributed by atoms with E-state index in [-0.39, 0.29) is 0 Å². The highest BCUT2D eigenvalue weighted by atomic mass is 16.7. The molecule has 0 heterocycles. The summed E-state index contributed by atoms with van der Waals surface area (Å²) in [5.41, 5.74) is 1.23. The molecule has 0 atom stereocenters. The van der Waals surface area contributed by atoms with Gasteiger partial charge in [-0.15, -0.1) is 0 Å². The molecule has 0 saturated carbocycles. The maximum atomic E-state index is 5.37. The fraction of sp³-hybridized carbons (Fsp3) is 0.538. The topological polar surface area (TPSA) is 30.5 Å². The summed E-state index contributed by atoms with van der Waals surface area (Å²) in [6.45, 7) is 6.60. The van der Waals surface area contributed by atoms with Gasteiger partial charge >= 0.3 is 0 Å². The lowest BCUT2D eigenvalue weighted by atomic mass is 10.2. The van der Waals surface area contributed by atoms with Crippen LogP contribution in [0.25, 0.3) is 0 Å². The van der Waals surface area contributed by atoms with Crippen LogP contribution in [0.15, 0.2) is 24.3 Å². The van der Waals surface area contributed by atoms with Gasteiger partial charge in [0.25, 0.3) is 0 Å². The van der Waals surface area contributed by atoms with Crippen molar-refractivity contribution >= 4 is 0 Å². The van der Waals surface area contributed by atoms with Gasteiger partial charge in [-0.2, -0.15) is 0 Å². The van der Waals surface area contributed by atoms with Gasteiger partial charge < -0.3 is 14.8 Å². The highest BCUT2D eigenvalue weighted by Crippen LogP contribution is 2.13. The number of rotatable bonds is 7. The molecule has 0 aliphatic heterocycles. The van der Waals surface area contributed by atoms with E-state index in [1.807, 2.05) is 18.2 Å². The van der Waals surface area contributed by atoms with E-state index < -0.39 is 0 Å². The Kier molecular flexibility index (Phi) is 5.90. The summed E-state index contributed by atoms with van der Waals surface area (Å²) in [5, 5.41) is 3.40. The van der Waals surface area contributed by atoms with Crippen LogP contribution in [0.1, 0.15) is 19.4 Å². The zero-order valence-electron chi connectivity index (χ0n) is 10.3. The van der Waals surface area contributed by atoms with E-state index in [9.17, 15) is 0 Å². The second-order valence-electron chi connectivity index (χ2n) is 4.22. The summed E-state index contributed by atoms with van der Waals surface area (Å²) in [6, 6.07) is 8.06. The normalized spacial score (nSPS) is 10.8. The second kappa shape index (κ2) is 7.25. The maximum absolute atomic E-state index is 5.37. The predicted octanol–water partition coefficient (Wildman–Crippen LogP) is 2.41. The van der Waals surface area contributed by atoms with E-state index in [1.54, 1.807) is 7.11 Å². The second-order valence-corrected chi connectivity index (χ2v) is 4.22. The van der Waals surface area contributed by atoms with Crippen LogP contribution in [-0.2, 0) is 11.3 Å². The molecule has 3 heteroatoms. The maximum Gasteiger partial charge on any atom is 0.188 e. The van der Waals surface area contributed by atoms with Crippen molar-refractivity contribution in [2.75, 3.05) is 20.4 Å². The quantitative estimate of drug-likeness (QED) is 0.720. The molecule has 0 fully saturated rings. The van der Waals surface area contributed by atoms with E-state index >= 15 is 0 Å². The number of ether oxygens (including phenoxy) is 2. The van der Waals surface area contributed by atoms with Crippen molar-refractivity contribution in [2.45, 2.75) is 20.4 Å². The summed E-state index contributed by atoms with van der Waals surface area (Å²) < 4.78 is 10.2. The first-order chi connectivity index (χ1) is 7.72. The first-order valence-electron chi connectivity index (χ1n) is 5.63. The van der Waals surface area contributed by atoms with Crippen molar-refractivity contribution in [3.05, 3.63) is 29.8 Å². The third-order valence-corrected chi connectivity index (χ3v) is 2.12. The Morgan fingerprint density at radius 1 is 1.31 bits per heavy atom. The van der Waals surface area contributed by atoms with Crippen LogP contribution in [0.5, 0.6) is 5.75 Å². The Balaban J connectivity index is 2.40. The summed E-state index contributed by atoms with van der Waals surface area (Å²) in [7, 11) is 1.62. The molecule has 0 unspecified atom stereocenters. The van der Waals surface area contributed by atoms with Gasteiger partial charge in [0.05, 0.1) is 0 Å². The van der Waals surface area contributed by atoms with E-state index in [2.05, 4.69) is 25.2 Å². The molecule has 90 valence electrons. The molecular weight excluding hydrogens is 202 g/mol. The molecule has 0 amide bonds. The Morgan fingerprint density at radius 2 is 2.12 bits per heavy atom. The molecule has 3 nitrogen and oxygen atoms in total. The molecule has 1 rings (SSSR count). The Labute approximate surface area is 97.8 Å². The van der Waals surface area contributed by atoms with Crippen LogP contribution in [0, 0.1) is 5.92 Å². The van der Waals surface area contributed by atoms with Crippen molar-refractivity contribution in [2.24, 2.45) is 5.92 Å². The fourth-order valence-corrected chi connectivity index (χ4v) is 1.38. The first-order valence-corrected chi connectivity index (χ1v) is 5.63. The van der Waals surface area contributed by atoms with Gasteiger partial charge in [-0.3, -0.25) is 0 Å². The molecule has 0 radical (unpaired) electrons. The molecule has 1 aromatic carbocycles. The van der Waals surface area contributed by atoms with Crippen LogP contribution < -0.4 is 10.1 Å². The monoisotopic (exact) mass is 223 g/mol. The lowest BCUT2D eigenvalue weighted by Gasteiger charge is -2.09. The zero-order chi connectivity index (χ0) is 11.8. The molecule has 0 aliphatic carbocycles. The minimum Gasteiger partial charge on any atom is -0.468 e. The van der Waals surface area contributed by atoms with Crippen molar-refractivity contribution in [1.29, 1.82) is 0 Å². The van der Waals surface area contributed by atoms with E-state index in [1.165, 1.54) is 5.56 Å². The van der Waals surface area contributed by atoms with Crippen molar-refractivity contribution < 1.29 is 9.47 Å². The van der Waals surface area contributed by atoms with Gasteiger partial charge in [0.15, 0.2) is 6.79 Å². The van der Waals surface area contributed by atoms with Gasteiger partial charge in [-0.05, 0) is 30.2 Å². The minimum atomic E-state index is 0.295. The number of methoxy groups -OCH3 is 1. The van der Waals surface area contributed by atoms with E-state index in [0.29, 0.717) is 12.7 Å². The molecule has 0 bridgehead atoms. The Morgan fingerprint density at radius 3 is 2.81 bits per heavy atom. The van der Waals surface area contributed by atoms with E-state index in [4.69, 9.17) is 9.47 Å². The standard InChI is InChI=1S/C13H21NO2/c1-11(2)8-14-9-12-5-4-6-13(7-12)16-10-15-3/h4-7,11,14H,8-10H2,1-3H3. The highest BCUT2D eigenvalue weighted by Gasteiger charge is 1.97. The van der Waals surface area contributed by atoms with Crippen molar-refractivity contribution in [1.82, 2.24) is 5.32 Å². The van der Waals surface area contributed by atoms with Crippen molar-refractivity contribution in [3.8, 4) is 5.75 Å². The van der Waals surface area contributed by atoms with Crippen LogP contribution in [0.2, 0.25) is 0 Å². The largest absolute Gasteiger partial charge is 0.468 e. The molecule has 0 aromatic heterocycles. The number of benzene rings is 1. The van der Waals surface area contributed by atoms with Crippen LogP contribution in [0.3, 0.4) is 0 Å². The van der Waals surface area contributed by atoms with Crippen LogP contribution in [-0.4, -0.2) is 20.4 Å². The van der Waals surface area contributed by atoms with Crippen LogP contribution in [0.4, 0.5) is 0 Å². The third-order valence-electron chi connectivity index (χ3n) is 2.12. The van der Waals surface area contributed by atoms with Crippen molar-refractivity contribution in [3.63, 3.8) is 0 Å². The predicted molar refractivity (Wildman–Crippen MR) is 65.5 cm³/mol. The molecule has 0 saturated heterocycles. The Hall–Kier alpha value is -1.06. The zero-order valence-corrected chi connectivity index (χ0v) is 10.3. The Bertz CT molecular complexity index is 300. The van der Waals surface area contributed by atoms with Gasteiger partial charge in [0, 0.05) is 13.7 Å². The van der Waals surface area contributed by atoms with Gasteiger partial charge in [0.1, 0.15) is 5.75 Å². The first kappa shape index (κ1) is 13.0. The van der Waals surface area contributed by atoms with Crippen LogP contribution >= 0.6 is 0 Å². The molecule has 16 heavy (non-hydrogen) atoms. The molecule has 0 aliphatic rings. The van der Waals surface area contributed by atoms with Gasteiger partial charge in [-0.1, -0.05) is 26.0 Å². The lowest BCUT2D eigenvalue weighted by molar-refractivity contribution is 0.0511. The number of hydrogen-bond donors (Lipinski definition) is 1.